The van der Waals surface area contributed by atoms with E-state index in [4.69, 9.17) is 9.84 Å². The number of hydrogen-bond acceptors (Lipinski definition) is 3. The molecule has 1 aliphatic heterocycles. The fourth-order valence-corrected chi connectivity index (χ4v) is 5.95. The Labute approximate surface area is 224 Å². The van der Waals surface area contributed by atoms with Crippen LogP contribution in [-0.4, -0.2) is 37.9 Å². The van der Waals surface area contributed by atoms with Gasteiger partial charge < -0.3 is 19.5 Å². The molecule has 1 aliphatic carbocycles. The minimum absolute atomic E-state index is 0.0313. The van der Waals surface area contributed by atoms with Crippen LogP contribution in [0, 0.1) is 6.92 Å². The Morgan fingerprint density at radius 2 is 1.84 bits per heavy atom. The van der Waals surface area contributed by atoms with Crippen molar-refractivity contribution in [2.45, 2.75) is 64.6 Å². The lowest BCUT2D eigenvalue weighted by molar-refractivity contribution is 0.173. The number of fused-ring (bicyclic) bond motifs is 3. The molecule has 1 saturated carbocycles. The maximum absolute atomic E-state index is 14.1. The SMILES string of the molecule is CCOc1cccc([C@H]2c3cccn3-c3c(c(C)nn3-c3ccccc3)CN2C(=O)NC2CCCCC2)c1. The predicted molar refractivity (Wildman–Crippen MR) is 148 cm³/mol. The second-order valence-electron chi connectivity index (χ2n) is 10.3. The zero-order valence-corrected chi connectivity index (χ0v) is 22.1. The van der Waals surface area contributed by atoms with Gasteiger partial charge in [-0.1, -0.05) is 49.6 Å². The normalized spacial score (nSPS) is 17.4. The third-order valence-electron chi connectivity index (χ3n) is 7.77. The number of carbonyl (C=O) groups is 1. The summed E-state index contributed by atoms with van der Waals surface area (Å²) in [6.07, 6.45) is 7.74. The van der Waals surface area contributed by atoms with Gasteiger partial charge in [-0.05, 0) is 68.7 Å². The van der Waals surface area contributed by atoms with Gasteiger partial charge in [0, 0.05) is 17.8 Å². The maximum atomic E-state index is 14.1. The zero-order valence-electron chi connectivity index (χ0n) is 22.1. The highest BCUT2D eigenvalue weighted by Gasteiger charge is 2.36. The number of ether oxygens (including phenoxy) is 1. The first-order chi connectivity index (χ1) is 18.6. The summed E-state index contributed by atoms with van der Waals surface area (Å²) in [7, 11) is 0. The Kier molecular flexibility index (Phi) is 6.66. The number of amides is 2. The van der Waals surface area contributed by atoms with Crippen LogP contribution in [0.1, 0.15) is 67.6 Å². The molecule has 2 aromatic carbocycles. The van der Waals surface area contributed by atoms with Crippen molar-refractivity contribution < 1.29 is 9.53 Å². The standard InChI is InChI=1S/C31H35N5O2/c1-3-38-26-17-10-12-23(20-26)29-28-18-11-19-34(28)30-27(22(2)33-36(30)25-15-8-5-9-16-25)21-35(29)31(37)32-24-13-6-4-7-14-24/h5,8-12,15-20,24,29H,3-4,6-7,13-14,21H2,1-2H3,(H,32,37)/t29-/m0/s1. The molecule has 196 valence electrons. The highest BCUT2D eigenvalue weighted by Crippen LogP contribution is 2.39. The van der Waals surface area contributed by atoms with E-state index in [0.717, 1.165) is 52.6 Å². The molecule has 3 heterocycles. The van der Waals surface area contributed by atoms with Crippen LogP contribution in [-0.2, 0) is 6.54 Å². The Hall–Kier alpha value is -4.00. The van der Waals surface area contributed by atoms with Crippen molar-refractivity contribution >= 4 is 6.03 Å². The van der Waals surface area contributed by atoms with Crippen molar-refractivity contribution in [1.29, 1.82) is 0 Å². The minimum Gasteiger partial charge on any atom is -0.494 e. The number of nitrogens with one attached hydrogen (secondary N) is 1. The highest BCUT2D eigenvalue weighted by atomic mass is 16.5. The van der Waals surface area contributed by atoms with E-state index in [9.17, 15) is 4.79 Å². The van der Waals surface area contributed by atoms with Crippen molar-refractivity contribution in [3.05, 3.63) is 95.4 Å². The average molecular weight is 510 g/mol. The van der Waals surface area contributed by atoms with Crippen molar-refractivity contribution in [2.24, 2.45) is 0 Å². The molecule has 1 fully saturated rings. The molecule has 38 heavy (non-hydrogen) atoms. The first kappa shape index (κ1) is 24.3. The van der Waals surface area contributed by atoms with Gasteiger partial charge in [-0.3, -0.25) is 0 Å². The van der Waals surface area contributed by atoms with Crippen LogP contribution in [0.5, 0.6) is 5.75 Å². The average Bonchev–Trinajstić information content (AvgIpc) is 3.50. The van der Waals surface area contributed by atoms with E-state index < -0.39 is 0 Å². The molecule has 7 heteroatoms. The molecule has 0 radical (unpaired) electrons. The second kappa shape index (κ2) is 10.4. The molecule has 2 aromatic heterocycles. The number of urea groups is 1. The van der Waals surface area contributed by atoms with Gasteiger partial charge in [0.1, 0.15) is 11.6 Å². The van der Waals surface area contributed by atoms with Crippen molar-refractivity contribution in [1.82, 2.24) is 24.6 Å². The van der Waals surface area contributed by atoms with Gasteiger partial charge in [-0.15, -0.1) is 0 Å². The van der Waals surface area contributed by atoms with Gasteiger partial charge in [0.15, 0.2) is 0 Å². The summed E-state index contributed by atoms with van der Waals surface area (Å²) in [6, 6.07) is 22.4. The summed E-state index contributed by atoms with van der Waals surface area (Å²) in [5, 5.41) is 8.33. The van der Waals surface area contributed by atoms with Crippen LogP contribution in [0.3, 0.4) is 0 Å². The van der Waals surface area contributed by atoms with Crippen molar-refractivity contribution in [3.63, 3.8) is 0 Å². The zero-order chi connectivity index (χ0) is 26.1. The fourth-order valence-electron chi connectivity index (χ4n) is 5.95. The van der Waals surface area contributed by atoms with E-state index in [1.54, 1.807) is 0 Å². The molecular formula is C31H35N5O2. The quantitative estimate of drug-likeness (QED) is 0.343. The first-order valence-electron chi connectivity index (χ1n) is 13.8. The molecule has 7 nitrogen and oxygen atoms in total. The van der Waals surface area contributed by atoms with E-state index in [1.165, 1.54) is 19.3 Å². The van der Waals surface area contributed by atoms with E-state index in [2.05, 4.69) is 52.5 Å². The molecule has 2 aliphatic rings. The Morgan fingerprint density at radius 1 is 1.03 bits per heavy atom. The highest BCUT2D eigenvalue weighted by molar-refractivity contribution is 5.76. The number of carbonyl (C=O) groups excluding carboxylic acids is 1. The van der Waals surface area contributed by atoms with Gasteiger partial charge in [-0.2, -0.15) is 5.10 Å². The number of nitrogens with zero attached hydrogens (tertiary/aromatic N) is 4. The smallest absolute Gasteiger partial charge is 0.318 e. The molecule has 6 rings (SSSR count). The fraction of sp³-hybridized carbons (Fsp3) is 0.355. The predicted octanol–water partition coefficient (Wildman–Crippen LogP) is 6.32. The van der Waals surface area contributed by atoms with Crippen LogP contribution in [0.15, 0.2) is 72.9 Å². The van der Waals surface area contributed by atoms with Crippen LogP contribution >= 0.6 is 0 Å². The molecule has 4 aromatic rings. The molecule has 0 spiro atoms. The summed E-state index contributed by atoms with van der Waals surface area (Å²) in [5.41, 5.74) is 5.01. The van der Waals surface area contributed by atoms with Gasteiger partial charge >= 0.3 is 6.03 Å². The molecular weight excluding hydrogens is 474 g/mol. The number of hydrogen-bond donors (Lipinski definition) is 1. The third kappa shape index (κ3) is 4.46. The lowest BCUT2D eigenvalue weighted by Crippen LogP contribution is -2.46. The minimum atomic E-state index is -0.287. The lowest BCUT2D eigenvalue weighted by Gasteiger charge is -2.33. The third-order valence-corrected chi connectivity index (χ3v) is 7.77. The largest absolute Gasteiger partial charge is 0.494 e. The van der Waals surface area contributed by atoms with Crippen molar-refractivity contribution in [3.8, 4) is 17.3 Å². The van der Waals surface area contributed by atoms with Crippen molar-refractivity contribution in [2.75, 3.05) is 6.61 Å². The second-order valence-corrected chi connectivity index (χ2v) is 10.3. The van der Waals surface area contributed by atoms with Crippen LogP contribution in [0.2, 0.25) is 0 Å². The molecule has 0 unspecified atom stereocenters. The van der Waals surface area contributed by atoms with E-state index in [0.29, 0.717) is 13.2 Å². The molecule has 0 bridgehead atoms. The van der Waals surface area contributed by atoms with Gasteiger partial charge in [0.05, 0.1) is 36.3 Å². The topological polar surface area (TPSA) is 64.3 Å². The molecule has 1 atom stereocenters. The van der Waals surface area contributed by atoms with Gasteiger partial charge in [0.25, 0.3) is 0 Å². The van der Waals surface area contributed by atoms with E-state index >= 15 is 0 Å². The Morgan fingerprint density at radius 3 is 2.63 bits per heavy atom. The molecule has 0 saturated heterocycles. The number of aryl methyl sites for hydroxylation is 1. The van der Waals surface area contributed by atoms with E-state index in [-0.39, 0.29) is 18.1 Å². The Bertz CT molecular complexity index is 1420. The number of benzene rings is 2. The summed E-state index contributed by atoms with van der Waals surface area (Å²) in [4.78, 5) is 16.1. The van der Waals surface area contributed by atoms with Crippen LogP contribution < -0.4 is 10.1 Å². The number of rotatable bonds is 5. The summed E-state index contributed by atoms with van der Waals surface area (Å²) in [6.45, 7) is 5.07. The summed E-state index contributed by atoms with van der Waals surface area (Å²) >= 11 is 0. The summed E-state index contributed by atoms with van der Waals surface area (Å²) in [5.74, 6) is 1.79. The van der Waals surface area contributed by atoms with Crippen LogP contribution in [0.4, 0.5) is 4.79 Å². The summed E-state index contributed by atoms with van der Waals surface area (Å²) < 4.78 is 10.1. The first-order valence-corrected chi connectivity index (χ1v) is 13.8. The van der Waals surface area contributed by atoms with Gasteiger partial charge in [-0.25, -0.2) is 9.48 Å². The number of para-hydroxylation sites is 1. The number of aromatic nitrogens is 3. The monoisotopic (exact) mass is 509 g/mol. The van der Waals surface area contributed by atoms with Gasteiger partial charge in [0.2, 0.25) is 0 Å². The van der Waals surface area contributed by atoms with E-state index in [1.807, 2.05) is 53.8 Å². The Balaban J connectivity index is 1.50. The van der Waals surface area contributed by atoms with Crippen LogP contribution in [0.25, 0.3) is 11.5 Å². The lowest BCUT2D eigenvalue weighted by atomic mass is 9.95. The molecule has 2 amide bonds. The molecule has 1 N–H and O–H groups in total. The maximum Gasteiger partial charge on any atom is 0.318 e.